The third-order valence-electron chi connectivity index (χ3n) is 1.71. The number of hydrogen-bond acceptors (Lipinski definition) is 5. The number of hydrogen-bond donors (Lipinski definition) is 1. The molecule has 0 unspecified atom stereocenters. The van der Waals surface area contributed by atoms with Crippen molar-refractivity contribution in [2.45, 2.75) is 31.8 Å². The van der Waals surface area contributed by atoms with Crippen molar-refractivity contribution in [3.8, 4) is 0 Å². The largest absolute Gasteiger partial charge is 0.334 e. The molecule has 0 fully saturated rings. The Morgan fingerprint density at radius 3 is 2.64 bits per heavy atom. The predicted molar refractivity (Wildman–Crippen MR) is 56.9 cm³/mol. The van der Waals surface area contributed by atoms with Crippen LogP contribution in [0.15, 0.2) is 9.95 Å². The minimum absolute atomic E-state index is 0.0467. The van der Waals surface area contributed by atoms with Crippen molar-refractivity contribution in [2.75, 3.05) is 11.6 Å². The summed E-state index contributed by atoms with van der Waals surface area (Å²) in [5.74, 6) is 6.45. The van der Waals surface area contributed by atoms with E-state index in [2.05, 4.69) is 10.2 Å². The lowest BCUT2D eigenvalue weighted by atomic mass is 10.1. The molecule has 0 aliphatic heterocycles. The van der Waals surface area contributed by atoms with Gasteiger partial charge in [-0.1, -0.05) is 32.5 Å². The van der Waals surface area contributed by atoms with Crippen LogP contribution in [0.25, 0.3) is 0 Å². The quantitative estimate of drug-likeness (QED) is 0.588. The summed E-state index contributed by atoms with van der Waals surface area (Å²) in [5.41, 5.74) is 0.152. The van der Waals surface area contributed by atoms with E-state index >= 15 is 0 Å². The fourth-order valence-corrected chi connectivity index (χ4v) is 1.57. The van der Waals surface area contributed by atoms with E-state index in [1.807, 2.05) is 20.8 Å². The monoisotopic (exact) mass is 214 g/mol. The van der Waals surface area contributed by atoms with Crippen molar-refractivity contribution < 1.29 is 0 Å². The third-order valence-corrected chi connectivity index (χ3v) is 2.53. The van der Waals surface area contributed by atoms with Gasteiger partial charge in [0.15, 0.2) is 0 Å². The highest BCUT2D eigenvalue weighted by molar-refractivity contribution is 7.99. The Bertz CT molecular complexity index is 374. The second-order valence-electron chi connectivity index (χ2n) is 3.13. The van der Waals surface area contributed by atoms with Crippen LogP contribution in [-0.2, 0) is 0 Å². The van der Waals surface area contributed by atoms with E-state index < -0.39 is 0 Å². The topological polar surface area (TPSA) is 73.8 Å². The molecule has 1 rings (SSSR count). The molecule has 0 amide bonds. The Morgan fingerprint density at radius 2 is 2.14 bits per heavy atom. The Hall–Kier alpha value is -1.04. The summed E-state index contributed by atoms with van der Waals surface area (Å²) in [7, 11) is 0. The summed E-state index contributed by atoms with van der Waals surface area (Å²) in [4.78, 5) is 11.6. The number of rotatable bonds is 3. The van der Waals surface area contributed by atoms with Crippen molar-refractivity contribution in [1.29, 1.82) is 0 Å². The van der Waals surface area contributed by atoms with Crippen LogP contribution in [0.1, 0.15) is 32.4 Å². The fourth-order valence-electron chi connectivity index (χ4n) is 0.988. The van der Waals surface area contributed by atoms with Gasteiger partial charge in [-0.15, -0.1) is 10.2 Å². The maximum absolute atomic E-state index is 11.6. The van der Waals surface area contributed by atoms with Gasteiger partial charge in [0.1, 0.15) is 5.69 Å². The van der Waals surface area contributed by atoms with Crippen LogP contribution in [0.3, 0.4) is 0 Å². The first-order valence-electron chi connectivity index (χ1n) is 4.45. The summed E-state index contributed by atoms with van der Waals surface area (Å²) >= 11 is 1.40. The standard InChI is InChI=1S/C8H14N4OS/c1-4-14-8-11-10-6(5(2)3)7(13)12(8)9/h5H,4,9H2,1-3H3. The number of nitrogens with two attached hydrogens (primary N) is 1. The zero-order chi connectivity index (χ0) is 10.7. The Morgan fingerprint density at radius 1 is 1.50 bits per heavy atom. The Labute approximate surface area is 86.7 Å². The fraction of sp³-hybridized carbons (Fsp3) is 0.625. The van der Waals surface area contributed by atoms with Crippen LogP contribution < -0.4 is 11.4 Å². The Balaban J connectivity index is 3.20. The van der Waals surface area contributed by atoms with E-state index in [0.29, 0.717) is 10.9 Å². The second-order valence-corrected chi connectivity index (χ2v) is 4.36. The molecule has 0 aliphatic rings. The molecule has 0 atom stereocenters. The van der Waals surface area contributed by atoms with Crippen LogP contribution >= 0.6 is 11.8 Å². The average molecular weight is 214 g/mol. The van der Waals surface area contributed by atoms with E-state index in [0.717, 1.165) is 10.4 Å². The van der Waals surface area contributed by atoms with Gasteiger partial charge in [-0.05, 0) is 5.75 Å². The normalized spacial score (nSPS) is 10.9. The van der Waals surface area contributed by atoms with Gasteiger partial charge in [-0.25, -0.2) is 0 Å². The van der Waals surface area contributed by atoms with Gasteiger partial charge in [0.05, 0.1) is 0 Å². The number of aromatic nitrogens is 3. The summed E-state index contributed by atoms with van der Waals surface area (Å²) in [6, 6.07) is 0. The SMILES string of the molecule is CCSc1nnc(C(C)C)c(=O)n1N. The second kappa shape index (κ2) is 4.45. The molecule has 0 aliphatic carbocycles. The first-order valence-corrected chi connectivity index (χ1v) is 5.44. The van der Waals surface area contributed by atoms with Gasteiger partial charge in [0, 0.05) is 5.92 Å². The van der Waals surface area contributed by atoms with E-state index in [-0.39, 0.29) is 11.5 Å². The van der Waals surface area contributed by atoms with Crippen LogP contribution in [0, 0.1) is 0 Å². The summed E-state index contributed by atoms with van der Waals surface area (Å²) in [5, 5.41) is 8.23. The van der Waals surface area contributed by atoms with Crippen LogP contribution in [0.4, 0.5) is 0 Å². The molecule has 2 N–H and O–H groups in total. The molecule has 0 aromatic carbocycles. The van der Waals surface area contributed by atoms with Crippen molar-refractivity contribution in [1.82, 2.24) is 14.9 Å². The lowest BCUT2D eigenvalue weighted by molar-refractivity contribution is 0.639. The molecular weight excluding hydrogens is 200 g/mol. The minimum Gasteiger partial charge on any atom is -0.334 e. The molecule has 0 radical (unpaired) electrons. The smallest absolute Gasteiger partial charge is 0.294 e. The molecule has 1 aromatic heterocycles. The van der Waals surface area contributed by atoms with Gasteiger partial charge in [0.25, 0.3) is 5.56 Å². The van der Waals surface area contributed by atoms with Gasteiger partial charge in [-0.3, -0.25) is 4.79 Å². The highest BCUT2D eigenvalue weighted by Gasteiger charge is 2.12. The molecule has 1 heterocycles. The molecule has 0 saturated carbocycles. The highest BCUT2D eigenvalue weighted by atomic mass is 32.2. The molecule has 0 spiro atoms. The first-order chi connectivity index (χ1) is 6.57. The molecule has 78 valence electrons. The number of nitrogen functional groups attached to an aromatic ring is 1. The molecule has 6 heteroatoms. The van der Waals surface area contributed by atoms with E-state index in [1.54, 1.807) is 0 Å². The molecule has 0 saturated heterocycles. The maximum atomic E-state index is 11.6. The third kappa shape index (κ3) is 2.06. The van der Waals surface area contributed by atoms with Crippen molar-refractivity contribution in [3.05, 3.63) is 16.0 Å². The zero-order valence-electron chi connectivity index (χ0n) is 8.52. The average Bonchev–Trinajstić information content (AvgIpc) is 2.13. The zero-order valence-corrected chi connectivity index (χ0v) is 9.34. The molecule has 14 heavy (non-hydrogen) atoms. The van der Waals surface area contributed by atoms with Gasteiger partial charge >= 0.3 is 0 Å². The highest BCUT2D eigenvalue weighted by Crippen LogP contribution is 2.11. The molecular formula is C8H14N4OS. The molecule has 5 nitrogen and oxygen atoms in total. The molecule has 0 bridgehead atoms. The van der Waals surface area contributed by atoms with Crippen molar-refractivity contribution >= 4 is 11.8 Å². The predicted octanol–water partition coefficient (Wildman–Crippen LogP) is 0.588. The number of thioether (sulfide) groups is 1. The lowest BCUT2D eigenvalue weighted by Crippen LogP contribution is -2.34. The van der Waals surface area contributed by atoms with E-state index in [9.17, 15) is 4.79 Å². The maximum Gasteiger partial charge on any atom is 0.294 e. The lowest BCUT2D eigenvalue weighted by Gasteiger charge is -2.07. The van der Waals surface area contributed by atoms with Gasteiger partial charge in [-0.2, -0.15) is 4.68 Å². The summed E-state index contributed by atoms with van der Waals surface area (Å²) in [6.07, 6.45) is 0. The van der Waals surface area contributed by atoms with E-state index in [1.165, 1.54) is 11.8 Å². The van der Waals surface area contributed by atoms with Crippen LogP contribution in [0.5, 0.6) is 0 Å². The minimum atomic E-state index is -0.258. The number of nitrogens with zero attached hydrogens (tertiary/aromatic N) is 3. The molecule has 1 aromatic rings. The van der Waals surface area contributed by atoms with Gasteiger partial charge < -0.3 is 5.84 Å². The van der Waals surface area contributed by atoms with E-state index in [4.69, 9.17) is 5.84 Å². The summed E-state index contributed by atoms with van der Waals surface area (Å²) in [6.45, 7) is 5.74. The van der Waals surface area contributed by atoms with Crippen molar-refractivity contribution in [2.24, 2.45) is 0 Å². The van der Waals surface area contributed by atoms with Crippen LogP contribution in [0.2, 0.25) is 0 Å². The van der Waals surface area contributed by atoms with Crippen molar-refractivity contribution in [3.63, 3.8) is 0 Å². The van der Waals surface area contributed by atoms with Crippen LogP contribution in [-0.4, -0.2) is 20.6 Å². The van der Waals surface area contributed by atoms with Gasteiger partial charge in [0.2, 0.25) is 5.16 Å². The Kier molecular flexibility index (Phi) is 3.51. The summed E-state index contributed by atoms with van der Waals surface area (Å²) < 4.78 is 1.07. The first kappa shape index (κ1) is 11.0.